The number of rotatable bonds is 4. The first kappa shape index (κ1) is 11.5. The second-order valence-corrected chi connectivity index (χ2v) is 5.34. The molecule has 3 nitrogen and oxygen atoms in total. The summed E-state index contributed by atoms with van der Waals surface area (Å²) < 4.78 is 17.0. The van der Waals surface area contributed by atoms with Gasteiger partial charge in [0.25, 0.3) is 0 Å². The quantitative estimate of drug-likeness (QED) is 0.889. The lowest BCUT2D eigenvalue weighted by Crippen LogP contribution is -2.00. The lowest BCUT2D eigenvalue weighted by atomic mass is 10.2. The molecule has 1 heterocycles. The molecule has 1 aromatic heterocycles. The van der Waals surface area contributed by atoms with Crippen LogP contribution in [0.5, 0.6) is 0 Å². The first-order chi connectivity index (χ1) is 8.74. The minimum atomic E-state index is -0.209. The lowest BCUT2D eigenvalue weighted by molar-refractivity contribution is 0.627. The van der Waals surface area contributed by atoms with Gasteiger partial charge in [-0.2, -0.15) is 4.37 Å². The molecule has 0 radical (unpaired) electrons. The highest BCUT2D eigenvalue weighted by molar-refractivity contribution is 7.10. The molecule has 0 aliphatic heterocycles. The maximum absolute atomic E-state index is 12.8. The minimum Gasteiger partial charge on any atom is -0.383 e. The number of nitrogens with one attached hydrogen (secondary N) is 1. The van der Waals surface area contributed by atoms with Gasteiger partial charge >= 0.3 is 0 Å². The van der Waals surface area contributed by atoms with E-state index in [1.807, 2.05) is 0 Å². The number of nitrogen functional groups attached to an aromatic ring is 1. The largest absolute Gasteiger partial charge is 0.383 e. The van der Waals surface area contributed by atoms with Crippen LogP contribution in [-0.4, -0.2) is 4.37 Å². The summed E-state index contributed by atoms with van der Waals surface area (Å²) >= 11 is 1.41. The van der Waals surface area contributed by atoms with Gasteiger partial charge in [0.2, 0.25) is 0 Å². The van der Waals surface area contributed by atoms with Crippen LogP contribution < -0.4 is 11.1 Å². The Morgan fingerprint density at radius 2 is 2.06 bits per heavy atom. The van der Waals surface area contributed by atoms with Gasteiger partial charge in [0.15, 0.2) is 0 Å². The molecule has 0 amide bonds. The van der Waals surface area contributed by atoms with Crippen molar-refractivity contribution in [1.82, 2.24) is 4.37 Å². The molecule has 5 heteroatoms. The van der Waals surface area contributed by atoms with Crippen LogP contribution >= 0.6 is 11.5 Å². The van der Waals surface area contributed by atoms with Crippen LogP contribution in [0, 0.1) is 5.82 Å². The highest BCUT2D eigenvalue weighted by Gasteiger charge is 2.30. The van der Waals surface area contributed by atoms with E-state index in [1.54, 1.807) is 12.1 Å². The number of benzene rings is 1. The predicted octanol–water partition coefficient (Wildman–Crippen LogP) is 3.35. The van der Waals surface area contributed by atoms with E-state index >= 15 is 0 Å². The van der Waals surface area contributed by atoms with Gasteiger partial charge in [-0.25, -0.2) is 4.39 Å². The van der Waals surface area contributed by atoms with Gasteiger partial charge < -0.3 is 11.1 Å². The summed E-state index contributed by atoms with van der Waals surface area (Å²) in [5.74, 6) is 1.03. The zero-order valence-corrected chi connectivity index (χ0v) is 10.6. The van der Waals surface area contributed by atoms with Crippen molar-refractivity contribution >= 4 is 22.4 Å². The number of nitrogens with two attached hydrogens (primary N) is 1. The SMILES string of the molecule is Nc1nsc(NCc2ccc(F)cc2)c1C1CC1. The second kappa shape index (κ2) is 4.57. The average Bonchev–Trinajstić information content (AvgIpc) is 3.13. The van der Waals surface area contributed by atoms with E-state index < -0.39 is 0 Å². The Kier molecular flexibility index (Phi) is 2.91. The Bertz CT molecular complexity index is 546. The molecule has 1 fully saturated rings. The molecule has 0 spiro atoms. The first-order valence-electron chi connectivity index (χ1n) is 5.97. The molecule has 0 unspecified atom stereocenters. The molecule has 1 aliphatic carbocycles. The van der Waals surface area contributed by atoms with Crippen LogP contribution in [0.2, 0.25) is 0 Å². The van der Waals surface area contributed by atoms with E-state index in [0.29, 0.717) is 18.3 Å². The number of nitrogens with zero attached hydrogens (tertiary/aromatic N) is 1. The molecule has 18 heavy (non-hydrogen) atoms. The molecular weight excluding hydrogens is 249 g/mol. The predicted molar refractivity (Wildman–Crippen MR) is 72.2 cm³/mol. The topological polar surface area (TPSA) is 50.9 Å². The number of hydrogen-bond acceptors (Lipinski definition) is 4. The van der Waals surface area contributed by atoms with Crippen molar-refractivity contribution in [3.05, 3.63) is 41.2 Å². The van der Waals surface area contributed by atoms with E-state index in [-0.39, 0.29) is 5.82 Å². The number of hydrogen-bond donors (Lipinski definition) is 2. The van der Waals surface area contributed by atoms with Crippen molar-refractivity contribution in [2.45, 2.75) is 25.3 Å². The molecule has 1 aliphatic rings. The maximum Gasteiger partial charge on any atom is 0.142 e. The van der Waals surface area contributed by atoms with Crippen LogP contribution in [0.3, 0.4) is 0 Å². The Labute approximate surface area is 109 Å². The standard InChI is InChI=1S/C13H14FN3S/c14-10-5-1-8(2-6-10)7-16-13-11(9-3-4-9)12(15)17-18-13/h1-2,5-6,9,16H,3-4,7H2,(H2,15,17). The number of aromatic nitrogens is 1. The molecule has 0 saturated heterocycles. The summed E-state index contributed by atoms with van der Waals surface area (Å²) in [5, 5.41) is 4.40. The molecule has 0 bridgehead atoms. The zero-order chi connectivity index (χ0) is 12.5. The van der Waals surface area contributed by atoms with Crippen molar-refractivity contribution in [1.29, 1.82) is 0 Å². The summed E-state index contributed by atoms with van der Waals surface area (Å²) in [6, 6.07) is 6.51. The smallest absolute Gasteiger partial charge is 0.142 e. The van der Waals surface area contributed by atoms with E-state index in [0.717, 1.165) is 10.6 Å². The van der Waals surface area contributed by atoms with Crippen LogP contribution in [0.25, 0.3) is 0 Å². The molecule has 3 rings (SSSR count). The van der Waals surface area contributed by atoms with Crippen molar-refractivity contribution in [2.24, 2.45) is 0 Å². The van der Waals surface area contributed by atoms with Crippen LogP contribution in [0.1, 0.15) is 29.9 Å². The normalized spacial score (nSPS) is 14.7. The van der Waals surface area contributed by atoms with Gasteiger partial charge in [-0.1, -0.05) is 12.1 Å². The van der Waals surface area contributed by atoms with Crippen molar-refractivity contribution < 1.29 is 4.39 Å². The third kappa shape index (κ3) is 2.31. The molecule has 94 valence electrons. The summed E-state index contributed by atoms with van der Waals surface area (Å²) in [6.07, 6.45) is 2.40. The Morgan fingerprint density at radius 1 is 1.33 bits per heavy atom. The van der Waals surface area contributed by atoms with Crippen LogP contribution in [-0.2, 0) is 6.54 Å². The molecule has 3 N–H and O–H groups in total. The van der Waals surface area contributed by atoms with Crippen molar-refractivity contribution in [2.75, 3.05) is 11.1 Å². The fourth-order valence-corrected chi connectivity index (χ4v) is 2.78. The maximum atomic E-state index is 12.8. The molecule has 2 aromatic rings. The third-order valence-corrected chi connectivity index (χ3v) is 3.94. The zero-order valence-electron chi connectivity index (χ0n) is 9.82. The van der Waals surface area contributed by atoms with Gasteiger partial charge in [0.1, 0.15) is 16.6 Å². The van der Waals surface area contributed by atoms with Gasteiger partial charge in [0, 0.05) is 12.1 Å². The van der Waals surface area contributed by atoms with E-state index in [2.05, 4.69) is 9.69 Å². The monoisotopic (exact) mass is 263 g/mol. The number of halogens is 1. The van der Waals surface area contributed by atoms with Crippen LogP contribution in [0.4, 0.5) is 15.2 Å². The molecular formula is C13H14FN3S. The fraction of sp³-hybridized carbons (Fsp3) is 0.308. The second-order valence-electron chi connectivity index (χ2n) is 4.56. The molecule has 0 atom stereocenters. The Hall–Kier alpha value is -1.62. The highest BCUT2D eigenvalue weighted by Crippen LogP contribution is 2.47. The highest BCUT2D eigenvalue weighted by atomic mass is 32.1. The van der Waals surface area contributed by atoms with Gasteiger partial charge in [0.05, 0.1) is 0 Å². The summed E-state index contributed by atoms with van der Waals surface area (Å²) in [5.41, 5.74) is 8.10. The van der Waals surface area contributed by atoms with Crippen molar-refractivity contribution in [3.8, 4) is 0 Å². The minimum absolute atomic E-state index is 0.209. The lowest BCUT2D eigenvalue weighted by Gasteiger charge is -2.06. The Morgan fingerprint density at radius 3 is 2.72 bits per heavy atom. The van der Waals surface area contributed by atoms with Crippen LogP contribution in [0.15, 0.2) is 24.3 Å². The van der Waals surface area contributed by atoms with Crippen molar-refractivity contribution in [3.63, 3.8) is 0 Å². The first-order valence-corrected chi connectivity index (χ1v) is 6.75. The van der Waals surface area contributed by atoms with Gasteiger partial charge in [-0.3, -0.25) is 0 Å². The van der Waals surface area contributed by atoms with E-state index in [1.165, 1.54) is 42.1 Å². The third-order valence-electron chi connectivity index (χ3n) is 3.11. The number of anilines is 2. The molecule has 1 saturated carbocycles. The fourth-order valence-electron chi connectivity index (χ4n) is 1.99. The van der Waals surface area contributed by atoms with Gasteiger partial charge in [-0.05, 0) is 48.0 Å². The summed E-state index contributed by atoms with van der Waals surface area (Å²) in [4.78, 5) is 0. The summed E-state index contributed by atoms with van der Waals surface area (Å²) in [7, 11) is 0. The Balaban J connectivity index is 1.71. The van der Waals surface area contributed by atoms with Gasteiger partial charge in [-0.15, -0.1) is 0 Å². The average molecular weight is 263 g/mol. The summed E-state index contributed by atoms with van der Waals surface area (Å²) in [6.45, 7) is 0.668. The van der Waals surface area contributed by atoms with E-state index in [9.17, 15) is 4.39 Å². The molecule has 1 aromatic carbocycles. The van der Waals surface area contributed by atoms with E-state index in [4.69, 9.17) is 5.73 Å².